The van der Waals surface area contributed by atoms with Crippen LogP contribution in [0.3, 0.4) is 0 Å². The Balaban J connectivity index is 2.03. The standard InChI is InChI=1S/C26H27ClFN3O5S/c1-18(26(33)29-2)30(16-19-6-4-5-7-24(19)27)25(32)17-31(21-10-8-20(28)9-11-21)37(34,35)23-14-12-22(36-3)13-15-23/h4-15,18H,16-17H2,1-3H3,(H,29,33). The number of likely N-dealkylation sites (N-methyl/N-ethyl adjacent to an activating group) is 1. The number of amides is 2. The number of sulfonamides is 1. The molecular weight excluding hydrogens is 521 g/mol. The van der Waals surface area contributed by atoms with Crippen molar-refractivity contribution in [1.29, 1.82) is 0 Å². The van der Waals surface area contributed by atoms with Gasteiger partial charge in [-0.05, 0) is 67.1 Å². The van der Waals surface area contributed by atoms with Crippen molar-refractivity contribution in [3.8, 4) is 5.75 Å². The van der Waals surface area contributed by atoms with E-state index in [1.807, 2.05) is 0 Å². The highest BCUT2D eigenvalue weighted by Gasteiger charge is 2.32. The highest BCUT2D eigenvalue weighted by Crippen LogP contribution is 2.26. The number of ether oxygens (including phenoxy) is 1. The summed E-state index contributed by atoms with van der Waals surface area (Å²) >= 11 is 6.29. The maximum Gasteiger partial charge on any atom is 0.264 e. The van der Waals surface area contributed by atoms with E-state index in [1.54, 1.807) is 24.3 Å². The van der Waals surface area contributed by atoms with E-state index < -0.39 is 40.2 Å². The predicted octanol–water partition coefficient (Wildman–Crippen LogP) is 3.85. The highest BCUT2D eigenvalue weighted by atomic mass is 35.5. The first kappa shape index (κ1) is 27.9. The summed E-state index contributed by atoms with van der Waals surface area (Å²) in [6.45, 7) is 0.854. The maximum absolute atomic E-state index is 13.7. The van der Waals surface area contributed by atoms with Gasteiger partial charge in [-0.3, -0.25) is 13.9 Å². The van der Waals surface area contributed by atoms with E-state index in [-0.39, 0.29) is 17.1 Å². The van der Waals surface area contributed by atoms with Crippen LogP contribution in [-0.2, 0) is 26.2 Å². The number of hydrogen-bond donors (Lipinski definition) is 1. The van der Waals surface area contributed by atoms with Crippen molar-refractivity contribution in [3.63, 3.8) is 0 Å². The number of nitrogens with one attached hydrogen (secondary N) is 1. The van der Waals surface area contributed by atoms with Crippen LogP contribution in [0.1, 0.15) is 12.5 Å². The Morgan fingerprint density at radius 1 is 1.03 bits per heavy atom. The molecule has 3 aromatic rings. The summed E-state index contributed by atoms with van der Waals surface area (Å²) in [7, 11) is -1.38. The summed E-state index contributed by atoms with van der Waals surface area (Å²) in [5.74, 6) is -1.21. The molecule has 1 atom stereocenters. The molecule has 1 N–H and O–H groups in total. The average Bonchev–Trinajstić information content (AvgIpc) is 2.90. The number of hydrogen-bond acceptors (Lipinski definition) is 5. The number of carbonyl (C=O) groups excluding carboxylic acids is 2. The van der Waals surface area contributed by atoms with Gasteiger partial charge < -0.3 is 15.0 Å². The third kappa shape index (κ3) is 6.58. The zero-order valence-electron chi connectivity index (χ0n) is 20.5. The molecule has 0 aliphatic carbocycles. The molecule has 0 aliphatic rings. The molecule has 2 amide bonds. The number of methoxy groups -OCH3 is 1. The van der Waals surface area contributed by atoms with E-state index in [0.717, 1.165) is 16.4 Å². The molecular formula is C26H27ClFN3O5S. The summed E-state index contributed by atoms with van der Waals surface area (Å²) in [5.41, 5.74) is 0.662. The lowest BCUT2D eigenvalue weighted by Gasteiger charge is -2.32. The van der Waals surface area contributed by atoms with Gasteiger partial charge in [-0.2, -0.15) is 0 Å². The van der Waals surface area contributed by atoms with Gasteiger partial charge in [0.25, 0.3) is 10.0 Å². The summed E-state index contributed by atoms with van der Waals surface area (Å²) in [5, 5.41) is 2.90. The third-order valence-electron chi connectivity index (χ3n) is 5.75. The fraction of sp³-hybridized carbons (Fsp3) is 0.231. The van der Waals surface area contributed by atoms with Gasteiger partial charge in [0, 0.05) is 18.6 Å². The van der Waals surface area contributed by atoms with E-state index in [4.69, 9.17) is 16.3 Å². The van der Waals surface area contributed by atoms with Gasteiger partial charge in [-0.1, -0.05) is 29.8 Å². The molecule has 0 fully saturated rings. The molecule has 1 unspecified atom stereocenters. The van der Waals surface area contributed by atoms with E-state index >= 15 is 0 Å². The topological polar surface area (TPSA) is 96.0 Å². The van der Waals surface area contributed by atoms with E-state index in [0.29, 0.717) is 16.3 Å². The number of benzene rings is 3. The Bertz CT molecular complexity index is 1350. The number of rotatable bonds is 10. The second-order valence-corrected chi connectivity index (χ2v) is 10.3. The second-order valence-electron chi connectivity index (χ2n) is 8.07. The molecule has 0 saturated heterocycles. The van der Waals surface area contributed by atoms with E-state index in [1.165, 1.54) is 62.4 Å². The zero-order valence-corrected chi connectivity index (χ0v) is 22.1. The first-order chi connectivity index (χ1) is 17.6. The highest BCUT2D eigenvalue weighted by molar-refractivity contribution is 7.92. The van der Waals surface area contributed by atoms with E-state index in [9.17, 15) is 22.4 Å². The van der Waals surface area contributed by atoms with Gasteiger partial charge in [0.2, 0.25) is 11.8 Å². The lowest BCUT2D eigenvalue weighted by atomic mass is 10.1. The Kier molecular flexibility index (Phi) is 9.12. The van der Waals surface area contributed by atoms with Crippen LogP contribution in [0.25, 0.3) is 0 Å². The number of carbonyl (C=O) groups is 2. The smallest absolute Gasteiger partial charge is 0.264 e. The largest absolute Gasteiger partial charge is 0.497 e. The van der Waals surface area contributed by atoms with Gasteiger partial charge >= 0.3 is 0 Å². The molecule has 0 heterocycles. The van der Waals surface area contributed by atoms with Crippen LogP contribution in [0.4, 0.5) is 10.1 Å². The summed E-state index contributed by atoms with van der Waals surface area (Å²) in [6.07, 6.45) is 0. The lowest BCUT2D eigenvalue weighted by Crippen LogP contribution is -2.50. The van der Waals surface area contributed by atoms with Crippen molar-refractivity contribution in [1.82, 2.24) is 10.2 Å². The molecule has 0 aromatic heterocycles. The third-order valence-corrected chi connectivity index (χ3v) is 7.91. The summed E-state index contributed by atoms with van der Waals surface area (Å²) in [4.78, 5) is 27.3. The monoisotopic (exact) mass is 547 g/mol. The number of nitrogens with zero attached hydrogens (tertiary/aromatic N) is 2. The lowest BCUT2D eigenvalue weighted by molar-refractivity contribution is -0.139. The molecule has 0 bridgehead atoms. The molecule has 3 aromatic carbocycles. The molecule has 0 aliphatic heterocycles. The van der Waals surface area contributed by atoms with Crippen LogP contribution in [-0.4, -0.2) is 51.9 Å². The Labute approximate surface area is 220 Å². The first-order valence-corrected chi connectivity index (χ1v) is 13.1. The first-order valence-electron chi connectivity index (χ1n) is 11.2. The molecule has 0 spiro atoms. The number of halogens is 2. The number of anilines is 1. The average molecular weight is 548 g/mol. The van der Waals surface area contributed by atoms with Gasteiger partial charge in [-0.25, -0.2) is 12.8 Å². The molecule has 3 rings (SSSR count). The zero-order chi connectivity index (χ0) is 27.2. The van der Waals surface area contributed by atoms with Crippen LogP contribution >= 0.6 is 11.6 Å². The SMILES string of the molecule is CNC(=O)C(C)N(Cc1ccccc1Cl)C(=O)CN(c1ccc(F)cc1)S(=O)(=O)c1ccc(OC)cc1. The molecule has 8 nitrogen and oxygen atoms in total. The van der Waals surface area contributed by atoms with Gasteiger partial charge in [-0.15, -0.1) is 0 Å². The van der Waals surface area contributed by atoms with Crippen molar-refractivity contribution in [2.45, 2.75) is 24.4 Å². The summed E-state index contributed by atoms with van der Waals surface area (Å²) in [6, 6.07) is 16.3. The second kappa shape index (κ2) is 12.1. The van der Waals surface area contributed by atoms with Crippen molar-refractivity contribution in [3.05, 3.63) is 89.2 Å². The summed E-state index contributed by atoms with van der Waals surface area (Å²) < 4.78 is 47.0. The van der Waals surface area contributed by atoms with Gasteiger partial charge in [0.05, 0.1) is 17.7 Å². The Morgan fingerprint density at radius 3 is 2.22 bits per heavy atom. The molecule has 196 valence electrons. The molecule has 11 heteroatoms. The van der Waals surface area contributed by atoms with Crippen LogP contribution in [0.15, 0.2) is 77.7 Å². The normalized spacial score (nSPS) is 11.9. The fourth-order valence-electron chi connectivity index (χ4n) is 3.61. The van der Waals surface area contributed by atoms with Crippen molar-refractivity contribution < 1.29 is 27.1 Å². The van der Waals surface area contributed by atoms with Crippen molar-refractivity contribution in [2.75, 3.05) is 25.0 Å². The fourth-order valence-corrected chi connectivity index (χ4v) is 5.22. The Morgan fingerprint density at radius 2 is 1.65 bits per heavy atom. The predicted molar refractivity (Wildman–Crippen MR) is 139 cm³/mol. The van der Waals surface area contributed by atoms with Crippen LogP contribution in [0.5, 0.6) is 5.75 Å². The molecule has 37 heavy (non-hydrogen) atoms. The van der Waals surface area contributed by atoms with Crippen LogP contribution in [0, 0.1) is 5.82 Å². The minimum absolute atomic E-state index is 0.0348. The Hall–Kier alpha value is -3.63. The van der Waals surface area contributed by atoms with Gasteiger partial charge in [0.1, 0.15) is 24.2 Å². The maximum atomic E-state index is 13.7. The minimum Gasteiger partial charge on any atom is -0.497 e. The van der Waals surface area contributed by atoms with Crippen molar-refractivity contribution in [2.24, 2.45) is 0 Å². The van der Waals surface area contributed by atoms with Crippen molar-refractivity contribution >= 4 is 39.1 Å². The quantitative estimate of drug-likeness (QED) is 0.416. The van der Waals surface area contributed by atoms with Crippen LogP contribution in [0.2, 0.25) is 5.02 Å². The minimum atomic E-state index is -4.27. The molecule has 0 saturated carbocycles. The van der Waals surface area contributed by atoms with Crippen LogP contribution < -0.4 is 14.4 Å². The van der Waals surface area contributed by atoms with E-state index in [2.05, 4.69) is 5.32 Å². The van der Waals surface area contributed by atoms with Gasteiger partial charge in [0.15, 0.2) is 0 Å². The molecule has 0 radical (unpaired) electrons.